The lowest BCUT2D eigenvalue weighted by molar-refractivity contribution is 0.328. The Morgan fingerprint density at radius 1 is 1.25 bits per heavy atom. The van der Waals surface area contributed by atoms with Crippen molar-refractivity contribution in [1.82, 2.24) is 0 Å². The van der Waals surface area contributed by atoms with E-state index in [1.165, 1.54) is 31.3 Å². The van der Waals surface area contributed by atoms with Crippen LogP contribution in [0, 0.1) is 0 Å². The van der Waals surface area contributed by atoms with Crippen molar-refractivity contribution in [3.8, 4) is 0 Å². The van der Waals surface area contributed by atoms with Crippen LogP contribution < -0.4 is 0 Å². The molecule has 0 saturated heterocycles. The highest BCUT2D eigenvalue weighted by molar-refractivity contribution is 6.74. The standard InChI is InChI=1S/C14H26OSi/c1-14(2,3)16(4,5)15-12-8-11-13-9-6-7-10-13/h8H,6-7,9-10,12H2,1-5H3. The molecule has 0 heterocycles. The van der Waals surface area contributed by atoms with E-state index in [4.69, 9.17) is 4.43 Å². The van der Waals surface area contributed by atoms with Gasteiger partial charge in [0, 0.05) is 0 Å². The van der Waals surface area contributed by atoms with Crippen molar-refractivity contribution in [3.63, 3.8) is 0 Å². The van der Waals surface area contributed by atoms with Gasteiger partial charge in [-0.15, -0.1) is 5.73 Å². The predicted octanol–water partition coefficient (Wildman–Crippen LogP) is 4.66. The molecule has 0 aromatic heterocycles. The maximum Gasteiger partial charge on any atom is 0.192 e. The molecule has 0 atom stereocenters. The Morgan fingerprint density at radius 2 is 1.81 bits per heavy atom. The summed E-state index contributed by atoms with van der Waals surface area (Å²) >= 11 is 0. The molecule has 0 unspecified atom stereocenters. The highest BCUT2D eigenvalue weighted by Crippen LogP contribution is 2.36. The molecule has 0 bridgehead atoms. The fourth-order valence-electron chi connectivity index (χ4n) is 1.60. The molecule has 0 aromatic carbocycles. The van der Waals surface area contributed by atoms with Crippen molar-refractivity contribution in [2.24, 2.45) is 0 Å². The van der Waals surface area contributed by atoms with Crippen LogP contribution in [0.2, 0.25) is 18.1 Å². The van der Waals surface area contributed by atoms with Crippen molar-refractivity contribution in [1.29, 1.82) is 0 Å². The van der Waals surface area contributed by atoms with E-state index in [9.17, 15) is 0 Å². The van der Waals surface area contributed by atoms with Crippen LogP contribution in [0.4, 0.5) is 0 Å². The van der Waals surface area contributed by atoms with Crippen molar-refractivity contribution in [2.45, 2.75) is 64.6 Å². The Hall–Kier alpha value is -0.303. The molecule has 1 aliphatic rings. The Balaban J connectivity index is 2.43. The van der Waals surface area contributed by atoms with Crippen molar-refractivity contribution in [3.05, 3.63) is 17.4 Å². The van der Waals surface area contributed by atoms with Gasteiger partial charge in [0.15, 0.2) is 8.32 Å². The lowest BCUT2D eigenvalue weighted by Crippen LogP contribution is -2.40. The third kappa shape index (κ3) is 3.93. The topological polar surface area (TPSA) is 9.23 Å². The zero-order valence-corrected chi connectivity index (χ0v) is 12.5. The summed E-state index contributed by atoms with van der Waals surface area (Å²) in [5.41, 5.74) is 4.88. The minimum atomic E-state index is -1.56. The van der Waals surface area contributed by atoms with E-state index >= 15 is 0 Å². The molecule has 0 spiro atoms. The highest BCUT2D eigenvalue weighted by atomic mass is 28.4. The molecule has 92 valence electrons. The summed E-state index contributed by atoms with van der Waals surface area (Å²) in [7, 11) is -1.56. The van der Waals surface area contributed by atoms with E-state index in [1.54, 1.807) is 0 Å². The largest absolute Gasteiger partial charge is 0.413 e. The molecule has 1 rings (SSSR count). The smallest absolute Gasteiger partial charge is 0.192 e. The van der Waals surface area contributed by atoms with Gasteiger partial charge in [-0.2, -0.15) is 0 Å². The zero-order valence-electron chi connectivity index (χ0n) is 11.5. The van der Waals surface area contributed by atoms with E-state index in [2.05, 4.69) is 45.7 Å². The molecule has 0 N–H and O–H groups in total. The first-order chi connectivity index (χ1) is 7.33. The average Bonchev–Trinajstić information content (AvgIpc) is 2.63. The zero-order chi connectivity index (χ0) is 12.2. The van der Waals surface area contributed by atoms with Crippen molar-refractivity contribution < 1.29 is 4.43 Å². The molecule has 0 amide bonds. The van der Waals surface area contributed by atoms with Gasteiger partial charge in [0.2, 0.25) is 0 Å². The molecule has 2 heteroatoms. The minimum Gasteiger partial charge on any atom is -0.413 e. The Labute approximate surface area is 102 Å². The number of hydrogen-bond donors (Lipinski definition) is 0. The van der Waals surface area contributed by atoms with Gasteiger partial charge < -0.3 is 4.43 Å². The van der Waals surface area contributed by atoms with Gasteiger partial charge in [0.05, 0.1) is 6.61 Å². The summed E-state index contributed by atoms with van der Waals surface area (Å²) in [5.74, 6) is 0. The van der Waals surface area contributed by atoms with Crippen LogP contribution in [-0.4, -0.2) is 14.9 Å². The summed E-state index contributed by atoms with van der Waals surface area (Å²) in [6.45, 7) is 12.2. The van der Waals surface area contributed by atoms with Gasteiger partial charge >= 0.3 is 0 Å². The van der Waals surface area contributed by atoms with Gasteiger partial charge in [-0.05, 0) is 55.5 Å². The van der Waals surface area contributed by atoms with Crippen LogP contribution in [0.15, 0.2) is 17.4 Å². The lowest BCUT2D eigenvalue weighted by atomic mass is 10.2. The SMILES string of the molecule is CC(C)(C)[Si](C)(C)OCC=C=C1CCCC1. The first kappa shape index (κ1) is 13.8. The summed E-state index contributed by atoms with van der Waals surface area (Å²) in [5, 5.41) is 0.307. The van der Waals surface area contributed by atoms with Crippen LogP contribution in [-0.2, 0) is 4.43 Å². The van der Waals surface area contributed by atoms with Crippen LogP contribution >= 0.6 is 0 Å². The number of hydrogen-bond acceptors (Lipinski definition) is 1. The Morgan fingerprint density at radius 3 is 2.31 bits per heavy atom. The molecule has 0 radical (unpaired) electrons. The van der Waals surface area contributed by atoms with E-state index in [0.717, 1.165) is 6.61 Å². The monoisotopic (exact) mass is 238 g/mol. The molecule has 0 aliphatic heterocycles. The van der Waals surface area contributed by atoms with E-state index in [0.29, 0.717) is 5.04 Å². The molecular formula is C14H26OSi. The second-order valence-electron chi connectivity index (χ2n) is 6.23. The lowest BCUT2D eigenvalue weighted by Gasteiger charge is -2.35. The summed E-state index contributed by atoms with van der Waals surface area (Å²) < 4.78 is 6.06. The van der Waals surface area contributed by atoms with Gasteiger partial charge in [0.1, 0.15) is 0 Å². The van der Waals surface area contributed by atoms with Gasteiger partial charge in [-0.3, -0.25) is 0 Å². The first-order valence-corrected chi connectivity index (χ1v) is 9.31. The second kappa shape index (κ2) is 5.35. The summed E-state index contributed by atoms with van der Waals surface area (Å²) in [6.07, 6.45) is 7.27. The quantitative estimate of drug-likeness (QED) is 0.513. The van der Waals surface area contributed by atoms with Crippen LogP contribution in [0.5, 0.6) is 0 Å². The van der Waals surface area contributed by atoms with E-state index < -0.39 is 8.32 Å². The summed E-state index contributed by atoms with van der Waals surface area (Å²) in [6, 6.07) is 0. The highest BCUT2D eigenvalue weighted by Gasteiger charge is 2.36. The van der Waals surface area contributed by atoms with Gasteiger partial charge in [-0.1, -0.05) is 20.8 Å². The van der Waals surface area contributed by atoms with Crippen LogP contribution in [0.25, 0.3) is 0 Å². The summed E-state index contributed by atoms with van der Waals surface area (Å²) in [4.78, 5) is 0. The molecule has 1 saturated carbocycles. The van der Waals surface area contributed by atoms with Gasteiger partial charge in [0.25, 0.3) is 0 Å². The predicted molar refractivity (Wildman–Crippen MR) is 73.2 cm³/mol. The van der Waals surface area contributed by atoms with Gasteiger partial charge in [-0.25, -0.2) is 0 Å². The number of rotatable bonds is 3. The van der Waals surface area contributed by atoms with Crippen molar-refractivity contribution in [2.75, 3.05) is 6.61 Å². The van der Waals surface area contributed by atoms with E-state index in [1.807, 2.05) is 0 Å². The van der Waals surface area contributed by atoms with E-state index in [-0.39, 0.29) is 0 Å². The van der Waals surface area contributed by atoms with Crippen LogP contribution in [0.3, 0.4) is 0 Å². The fraction of sp³-hybridized carbons (Fsp3) is 0.786. The molecule has 1 aliphatic carbocycles. The first-order valence-electron chi connectivity index (χ1n) is 6.40. The molecule has 0 aromatic rings. The maximum atomic E-state index is 6.06. The molecule has 1 nitrogen and oxygen atoms in total. The molecule has 16 heavy (non-hydrogen) atoms. The minimum absolute atomic E-state index is 0.307. The van der Waals surface area contributed by atoms with Crippen LogP contribution in [0.1, 0.15) is 46.5 Å². The second-order valence-corrected chi connectivity index (χ2v) is 11.0. The Kier molecular flexibility index (Phi) is 4.60. The third-order valence-corrected chi connectivity index (χ3v) is 8.35. The maximum absolute atomic E-state index is 6.06. The van der Waals surface area contributed by atoms with Crippen molar-refractivity contribution >= 4 is 8.32 Å². The molecule has 1 fully saturated rings. The normalized spacial score (nSPS) is 17.4. The average molecular weight is 238 g/mol. The molecular weight excluding hydrogens is 212 g/mol. The Bertz CT molecular complexity index is 282. The fourth-order valence-corrected chi connectivity index (χ4v) is 2.53. The third-order valence-electron chi connectivity index (χ3n) is 3.85.